The highest BCUT2D eigenvalue weighted by molar-refractivity contribution is 8.00. The number of amides is 1. The van der Waals surface area contributed by atoms with Crippen molar-refractivity contribution >= 4 is 23.6 Å². The summed E-state index contributed by atoms with van der Waals surface area (Å²) >= 11 is 1.41. The second kappa shape index (κ2) is 6.76. The molecular formula is C14H17NO4S. The largest absolute Gasteiger partial charge is 0.479 e. The molecule has 0 spiro atoms. The van der Waals surface area contributed by atoms with Crippen LogP contribution in [0, 0.1) is 0 Å². The van der Waals surface area contributed by atoms with E-state index in [1.165, 1.54) is 29.3 Å². The Labute approximate surface area is 121 Å². The van der Waals surface area contributed by atoms with E-state index in [1.807, 2.05) is 6.07 Å². The molecule has 0 aromatic heterocycles. The third kappa shape index (κ3) is 3.98. The van der Waals surface area contributed by atoms with Crippen molar-refractivity contribution in [2.45, 2.75) is 30.3 Å². The van der Waals surface area contributed by atoms with E-state index in [0.29, 0.717) is 0 Å². The van der Waals surface area contributed by atoms with Gasteiger partial charge in [0, 0.05) is 4.90 Å². The zero-order valence-corrected chi connectivity index (χ0v) is 11.8. The summed E-state index contributed by atoms with van der Waals surface area (Å²) in [4.78, 5) is 23.0. The van der Waals surface area contributed by atoms with Gasteiger partial charge in [-0.2, -0.15) is 0 Å². The second-order valence-corrected chi connectivity index (χ2v) is 5.78. The SMILES string of the molecule is O=C(CSc1ccc2c(c1)CCC2)NC[C@H](O)C(=O)O. The molecule has 1 aromatic rings. The fraction of sp³-hybridized carbons (Fsp3) is 0.429. The number of aliphatic hydroxyl groups is 1. The number of aryl methyl sites for hydroxylation is 2. The van der Waals surface area contributed by atoms with Crippen LogP contribution in [-0.2, 0) is 22.4 Å². The van der Waals surface area contributed by atoms with Gasteiger partial charge in [-0.1, -0.05) is 6.07 Å². The van der Waals surface area contributed by atoms with Crippen molar-refractivity contribution in [3.8, 4) is 0 Å². The summed E-state index contributed by atoms with van der Waals surface area (Å²) in [6.07, 6.45) is 1.87. The third-order valence-corrected chi connectivity index (χ3v) is 4.21. The van der Waals surface area contributed by atoms with E-state index in [1.54, 1.807) is 0 Å². The molecule has 0 saturated heterocycles. The van der Waals surface area contributed by atoms with Gasteiger partial charge in [0.2, 0.25) is 5.91 Å². The fourth-order valence-corrected chi connectivity index (χ4v) is 2.93. The first-order valence-electron chi connectivity index (χ1n) is 6.48. The number of thioether (sulfide) groups is 1. The van der Waals surface area contributed by atoms with Gasteiger partial charge in [0.1, 0.15) is 0 Å². The number of nitrogens with one attached hydrogen (secondary N) is 1. The summed E-state index contributed by atoms with van der Waals surface area (Å²) in [6.45, 7) is -0.265. The van der Waals surface area contributed by atoms with Gasteiger partial charge in [-0.15, -0.1) is 11.8 Å². The summed E-state index contributed by atoms with van der Waals surface area (Å²) < 4.78 is 0. The molecule has 0 bridgehead atoms. The molecule has 0 aliphatic heterocycles. The van der Waals surface area contributed by atoms with Crippen molar-refractivity contribution in [3.05, 3.63) is 29.3 Å². The molecule has 0 unspecified atom stereocenters. The average molecular weight is 295 g/mol. The van der Waals surface area contributed by atoms with E-state index in [0.717, 1.165) is 17.7 Å². The van der Waals surface area contributed by atoms with Crippen LogP contribution >= 0.6 is 11.8 Å². The van der Waals surface area contributed by atoms with Crippen molar-refractivity contribution < 1.29 is 19.8 Å². The standard InChI is InChI=1S/C14H17NO4S/c16-12(14(18)19)7-15-13(17)8-20-11-5-4-9-2-1-3-10(9)6-11/h4-6,12,16H,1-3,7-8H2,(H,15,17)(H,18,19)/t12-/m0/s1. The second-order valence-electron chi connectivity index (χ2n) is 4.73. The van der Waals surface area contributed by atoms with Gasteiger partial charge in [0.05, 0.1) is 12.3 Å². The minimum Gasteiger partial charge on any atom is -0.479 e. The maximum atomic E-state index is 11.5. The molecule has 0 radical (unpaired) electrons. The Morgan fingerprint density at radius 2 is 2.05 bits per heavy atom. The molecule has 108 valence electrons. The maximum Gasteiger partial charge on any atom is 0.334 e. The van der Waals surface area contributed by atoms with Crippen molar-refractivity contribution in [1.82, 2.24) is 5.32 Å². The fourth-order valence-electron chi connectivity index (χ4n) is 2.14. The van der Waals surface area contributed by atoms with E-state index >= 15 is 0 Å². The predicted octanol–water partition coefficient (Wildman–Crippen LogP) is 0.829. The number of carboxylic acids is 1. The van der Waals surface area contributed by atoms with E-state index in [9.17, 15) is 9.59 Å². The molecule has 1 atom stereocenters. The van der Waals surface area contributed by atoms with Crippen molar-refractivity contribution in [2.24, 2.45) is 0 Å². The van der Waals surface area contributed by atoms with Crippen LogP contribution in [0.2, 0.25) is 0 Å². The quantitative estimate of drug-likeness (QED) is 0.677. The first-order valence-corrected chi connectivity index (χ1v) is 7.47. The molecule has 0 saturated carbocycles. The Bertz CT molecular complexity index is 518. The summed E-state index contributed by atoms with van der Waals surface area (Å²) in [5.74, 6) is -1.40. The Kier molecular flexibility index (Phi) is 5.03. The Morgan fingerprint density at radius 1 is 1.30 bits per heavy atom. The van der Waals surface area contributed by atoms with Crippen LogP contribution in [0.4, 0.5) is 0 Å². The summed E-state index contributed by atoms with van der Waals surface area (Å²) in [7, 11) is 0. The molecule has 20 heavy (non-hydrogen) atoms. The Morgan fingerprint density at radius 3 is 2.80 bits per heavy atom. The molecular weight excluding hydrogens is 278 g/mol. The predicted molar refractivity (Wildman–Crippen MR) is 75.8 cm³/mol. The molecule has 1 amide bonds. The number of aliphatic hydroxyl groups excluding tert-OH is 1. The minimum absolute atomic E-state index is 0.213. The summed E-state index contributed by atoms with van der Waals surface area (Å²) in [6, 6.07) is 6.23. The van der Waals surface area contributed by atoms with Crippen LogP contribution in [0.3, 0.4) is 0 Å². The number of hydrogen-bond donors (Lipinski definition) is 3. The lowest BCUT2D eigenvalue weighted by Crippen LogP contribution is -2.37. The van der Waals surface area contributed by atoms with Crippen molar-refractivity contribution in [3.63, 3.8) is 0 Å². The molecule has 0 heterocycles. The highest BCUT2D eigenvalue weighted by atomic mass is 32.2. The van der Waals surface area contributed by atoms with E-state index < -0.39 is 12.1 Å². The van der Waals surface area contributed by atoms with Gasteiger partial charge in [-0.3, -0.25) is 4.79 Å². The number of aliphatic carboxylic acids is 1. The molecule has 3 N–H and O–H groups in total. The molecule has 1 aromatic carbocycles. The lowest BCUT2D eigenvalue weighted by molar-refractivity contribution is -0.146. The van der Waals surface area contributed by atoms with Crippen molar-refractivity contribution in [1.29, 1.82) is 0 Å². The first-order chi connectivity index (χ1) is 9.56. The number of carboxylic acid groups (broad SMARTS) is 1. The lowest BCUT2D eigenvalue weighted by atomic mass is 10.1. The van der Waals surface area contributed by atoms with Crippen LogP contribution in [0.15, 0.2) is 23.1 Å². The highest BCUT2D eigenvalue weighted by Gasteiger charge is 2.15. The zero-order chi connectivity index (χ0) is 14.5. The summed E-state index contributed by atoms with van der Waals surface area (Å²) in [5, 5.41) is 19.9. The average Bonchev–Trinajstić information content (AvgIpc) is 2.89. The van der Waals surface area contributed by atoms with Crippen LogP contribution in [-0.4, -0.2) is 40.5 Å². The van der Waals surface area contributed by atoms with Gasteiger partial charge >= 0.3 is 5.97 Å². The van der Waals surface area contributed by atoms with Gasteiger partial charge in [-0.05, 0) is 42.5 Å². The number of hydrogen-bond acceptors (Lipinski definition) is 4. The van der Waals surface area contributed by atoms with Crippen LogP contribution in [0.1, 0.15) is 17.5 Å². The van der Waals surface area contributed by atoms with E-state index in [4.69, 9.17) is 10.2 Å². The lowest BCUT2D eigenvalue weighted by Gasteiger charge is -2.08. The molecule has 1 aliphatic rings. The number of benzene rings is 1. The zero-order valence-electron chi connectivity index (χ0n) is 11.0. The van der Waals surface area contributed by atoms with Gasteiger partial charge in [0.15, 0.2) is 6.10 Å². The van der Waals surface area contributed by atoms with Crippen LogP contribution in [0.5, 0.6) is 0 Å². The number of fused-ring (bicyclic) bond motifs is 1. The normalized spacial score (nSPS) is 14.7. The van der Waals surface area contributed by atoms with Gasteiger partial charge < -0.3 is 15.5 Å². The molecule has 6 heteroatoms. The molecule has 2 rings (SSSR count). The van der Waals surface area contributed by atoms with Crippen molar-refractivity contribution in [2.75, 3.05) is 12.3 Å². The van der Waals surface area contributed by atoms with Crippen LogP contribution < -0.4 is 5.32 Å². The highest BCUT2D eigenvalue weighted by Crippen LogP contribution is 2.27. The van der Waals surface area contributed by atoms with E-state index in [2.05, 4.69) is 17.4 Å². The van der Waals surface area contributed by atoms with Crippen LogP contribution in [0.25, 0.3) is 0 Å². The number of carbonyl (C=O) groups is 2. The number of carbonyl (C=O) groups excluding carboxylic acids is 1. The maximum absolute atomic E-state index is 11.5. The molecule has 1 aliphatic carbocycles. The number of rotatable bonds is 6. The van der Waals surface area contributed by atoms with Gasteiger partial charge in [0.25, 0.3) is 0 Å². The molecule has 5 nitrogen and oxygen atoms in total. The Hall–Kier alpha value is -1.53. The van der Waals surface area contributed by atoms with E-state index in [-0.39, 0.29) is 18.2 Å². The Balaban J connectivity index is 1.77. The van der Waals surface area contributed by atoms with Gasteiger partial charge in [-0.25, -0.2) is 4.79 Å². The molecule has 0 fully saturated rings. The summed E-state index contributed by atoms with van der Waals surface area (Å²) in [5.41, 5.74) is 2.75. The third-order valence-electron chi connectivity index (χ3n) is 3.22. The minimum atomic E-state index is -1.55. The first kappa shape index (κ1) is 14.9. The monoisotopic (exact) mass is 295 g/mol. The topological polar surface area (TPSA) is 86.6 Å². The smallest absolute Gasteiger partial charge is 0.334 e.